The Bertz CT molecular complexity index is 366. The highest BCUT2D eigenvalue weighted by molar-refractivity contribution is 7.11. The first-order valence-electron chi connectivity index (χ1n) is 5.19. The highest BCUT2D eigenvalue weighted by Gasteiger charge is 2.12. The molecule has 0 fully saturated rings. The molecule has 0 amide bonds. The zero-order valence-electron chi connectivity index (χ0n) is 10.0. The molecule has 3 nitrogen and oxygen atoms in total. The van der Waals surface area contributed by atoms with Gasteiger partial charge in [0.25, 0.3) is 0 Å². The molecule has 2 N–H and O–H groups in total. The molecule has 0 aromatic carbocycles. The first-order valence-corrected chi connectivity index (χ1v) is 6.00. The molecule has 15 heavy (non-hydrogen) atoms. The molecule has 1 aromatic rings. The van der Waals surface area contributed by atoms with Crippen LogP contribution in [0.15, 0.2) is 4.99 Å². The second-order valence-corrected chi connectivity index (χ2v) is 5.30. The summed E-state index contributed by atoms with van der Waals surface area (Å²) in [5.74, 6) is 1.02. The van der Waals surface area contributed by atoms with Crippen LogP contribution in [0.1, 0.15) is 42.4 Å². The van der Waals surface area contributed by atoms with Gasteiger partial charge < -0.3 is 5.73 Å². The Kier molecular flexibility index (Phi) is 3.85. The SMILES string of the molecule is Cc1nc(C)c(C(C)N=C(N)C(C)C)s1. The summed E-state index contributed by atoms with van der Waals surface area (Å²) in [7, 11) is 0. The molecule has 0 saturated heterocycles. The van der Waals surface area contributed by atoms with E-state index in [1.165, 1.54) is 4.88 Å². The van der Waals surface area contributed by atoms with Crippen LogP contribution in [0.2, 0.25) is 0 Å². The molecule has 0 spiro atoms. The fraction of sp³-hybridized carbons (Fsp3) is 0.636. The largest absolute Gasteiger partial charge is 0.387 e. The number of nitrogens with two attached hydrogens (primary N) is 1. The Morgan fingerprint density at radius 1 is 1.33 bits per heavy atom. The van der Waals surface area contributed by atoms with Crippen LogP contribution in [-0.4, -0.2) is 10.8 Å². The third-order valence-corrected chi connectivity index (χ3v) is 3.50. The summed E-state index contributed by atoms with van der Waals surface area (Å²) in [4.78, 5) is 10.1. The first kappa shape index (κ1) is 12.2. The molecule has 84 valence electrons. The van der Waals surface area contributed by atoms with Crippen molar-refractivity contribution >= 4 is 17.2 Å². The Labute approximate surface area is 95.4 Å². The number of amidine groups is 1. The predicted octanol–water partition coefficient (Wildman–Crippen LogP) is 2.83. The molecule has 1 rings (SSSR count). The normalized spacial score (nSPS) is 14.7. The fourth-order valence-corrected chi connectivity index (χ4v) is 2.28. The van der Waals surface area contributed by atoms with E-state index in [1.54, 1.807) is 11.3 Å². The number of thiazole rings is 1. The molecule has 0 aliphatic rings. The molecule has 1 heterocycles. The molecule has 1 atom stereocenters. The lowest BCUT2D eigenvalue weighted by Gasteiger charge is -2.09. The summed E-state index contributed by atoms with van der Waals surface area (Å²) in [6.45, 7) is 10.2. The summed E-state index contributed by atoms with van der Waals surface area (Å²) in [5.41, 5.74) is 6.92. The third kappa shape index (κ3) is 3.02. The van der Waals surface area contributed by atoms with Crippen molar-refractivity contribution in [2.75, 3.05) is 0 Å². The van der Waals surface area contributed by atoms with Gasteiger partial charge in [-0.25, -0.2) is 4.98 Å². The Morgan fingerprint density at radius 3 is 2.33 bits per heavy atom. The van der Waals surface area contributed by atoms with Crippen LogP contribution < -0.4 is 5.73 Å². The number of aryl methyl sites for hydroxylation is 2. The maximum Gasteiger partial charge on any atom is 0.0970 e. The van der Waals surface area contributed by atoms with E-state index in [9.17, 15) is 0 Å². The molecular formula is C11H19N3S. The van der Waals surface area contributed by atoms with Crippen LogP contribution in [-0.2, 0) is 0 Å². The fourth-order valence-electron chi connectivity index (χ4n) is 1.37. The van der Waals surface area contributed by atoms with E-state index in [2.05, 4.69) is 30.7 Å². The van der Waals surface area contributed by atoms with Gasteiger partial charge in [0, 0.05) is 5.92 Å². The Balaban J connectivity index is 2.90. The highest BCUT2D eigenvalue weighted by atomic mass is 32.1. The molecule has 1 unspecified atom stereocenters. The minimum Gasteiger partial charge on any atom is -0.387 e. The third-order valence-electron chi connectivity index (χ3n) is 2.25. The molecule has 0 radical (unpaired) electrons. The predicted molar refractivity (Wildman–Crippen MR) is 66.5 cm³/mol. The smallest absolute Gasteiger partial charge is 0.0970 e. The van der Waals surface area contributed by atoms with Crippen molar-refractivity contribution in [2.45, 2.75) is 40.7 Å². The molecule has 0 aliphatic heterocycles. The number of hydrogen-bond donors (Lipinski definition) is 1. The van der Waals surface area contributed by atoms with Gasteiger partial charge >= 0.3 is 0 Å². The summed E-state index contributed by atoms with van der Waals surface area (Å²) in [6.07, 6.45) is 0. The van der Waals surface area contributed by atoms with Crippen molar-refractivity contribution in [3.8, 4) is 0 Å². The maximum absolute atomic E-state index is 5.85. The van der Waals surface area contributed by atoms with Crippen molar-refractivity contribution in [3.05, 3.63) is 15.6 Å². The zero-order chi connectivity index (χ0) is 11.6. The topological polar surface area (TPSA) is 51.3 Å². The second-order valence-electron chi connectivity index (χ2n) is 4.07. The van der Waals surface area contributed by atoms with Gasteiger partial charge in [-0.1, -0.05) is 13.8 Å². The van der Waals surface area contributed by atoms with Gasteiger partial charge in [-0.15, -0.1) is 11.3 Å². The second kappa shape index (κ2) is 4.75. The van der Waals surface area contributed by atoms with Crippen LogP contribution >= 0.6 is 11.3 Å². The van der Waals surface area contributed by atoms with E-state index < -0.39 is 0 Å². The van der Waals surface area contributed by atoms with Crippen LogP contribution in [0.4, 0.5) is 0 Å². The summed E-state index contributed by atoms with van der Waals surface area (Å²) < 4.78 is 0. The lowest BCUT2D eigenvalue weighted by atomic mass is 10.2. The number of nitrogens with zero attached hydrogens (tertiary/aromatic N) is 2. The van der Waals surface area contributed by atoms with E-state index in [4.69, 9.17) is 5.73 Å². The maximum atomic E-state index is 5.85. The van der Waals surface area contributed by atoms with Crippen LogP contribution in [0, 0.1) is 19.8 Å². The van der Waals surface area contributed by atoms with Gasteiger partial charge in [-0.05, 0) is 20.8 Å². The molecule has 0 aliphatic carbocycles. The van der Waals surface area contributed by atoms with E-state index in [0.29, 0.717) is 11.8 Å². The van der Waals surface area contributed by atoms with E-state index in [0.717, 1.165) is 10.7 Å². The number of aliphatic imine (C=N–C) groups is 1. The summed E-state index contributed by atoms with van der Waals surface area (Å²) in [6, 6.07) is 0.124. The van der Waals surface area contributed by atoms with Crippen molar-refractivity contribution in [3.63, 3.8) is 0 Å². The quantitative estimate of drug-likeness (QED) is 0.635. The molecule has 0 bridgehead atoms. The average Bonchev–Trinajstić information content (AvgIpc) is 2.44. The lowest BCUT2D eigenvalue weighted by molar-refractivity contribution is 0.784. The van der Waals surface area contributed by atoms with Crippen LogP contribution in [0.3, 0.4) is 0 Å². The minimum absolute atomic E-state index is 0.124. The van der Waals surface area contributed by atoms with Crippen LogP contribution in [0.25, 0.3) is 0 Å². The van der Waals surface area contributed by atoms with E-state index in [-0.39, 0.29) is 6.04 Å². The van der Waals surface area contributed by atoms with Gasteiger partial charge in [0.1, 0.15) is 0 Å². The molecule has 4 heteroatoms. The van der Waals surface area contributed by atoms with Crippen LogP contribution in [0.5, 0.6) is 0 Å². The van der Waals surface area contributed by atoms with Crippen molar-refractivity contribution in [1.82, 2.24) is 4.98 Å². The molecular weight excluding hydrogens is 206 g/mol. The monoisotopic (exact) mass is 225 g/mol. The number of aromatic nitrogens is 1. The average molecular weight is 225 g/mol. The van der Waals surface area contributed by atoms with E-state index >= 15 is 0 Å². The summed E-state index contributed by atoms with van der Waals surface area (Å²) in [5, 5.41) is 1.09. The Hall–Kier alpha value is -0.900. The minimum atomic E-state index is 0.124. The number of hydrogen-bond acceptors (Lipinski definition) is 3. The lowest BCUT2D eigenvalue weighted by Crippen LogP contribution is -2.19. The Morgan fingerprint density at radius 2 is 1.93 bits per heavy atom. The van der Waals surface area contributed by atoms with Gasteiger partial charge in [0.2, 0.25) is 0 Å². The number of rotatable bonds is 3. The standard InChI is InChI=1S/C11H19N3S/c1-6(2)11(12)14-8(4)10-7(3)13-9(5)15-10/h6,8H,1-5H3,(H2,12,14). The van der Waals surface area contributed by atoms with Crippen molar-refractivity contribution in [2.24, 2.45) is 16.6 Å². The zero-order valence-corrected chi connectivity index (χ0v) is 10.9. The van der Waals surface area contributed by atoms with Crippen molar-refractivity contribution < 1.29 is 0 Å². The van der Waals surface area contributed by atoms with Gasteiger partial charge in [-0.2, -0.15) is 0 Å². The highest BCUT2D eigenvalue weighted by Crippen LogP contribution is 2.27. The van der Waals surface area contributed by atoms with Gasteiger partial charge in [0.05, 0.1) is 27.5 Å². The first-order chi connectivity index (χ1) is 6.91. The summed E-state index contributed by atoms with van der Waals surface area (Å²) >= 11 is 1.70. The molecule has 1 aromatic heterocycles. The van der Waals surface area contributed by atoms with E-state index in [1.807, 2.05) is 13.8 Å². The van der Waals surface area contributed by atoms with Gasteiger partial charge in [-0.3, -0.25) is 4.99 Å². The van der Waals surface area contributed by atoms with Crippen molar-refractivity contribution in [1.29, 1.82) is 0 Å². The molecule has 0 saturated carbocycles. The van der Waals surface area contributed by atoms with Gasteiger partial charge in [0.15, 0.2) is 0 Å².